The van der Waals surface area contributed by atoms with Gasteiger partial charge >= 0.3 is 0 Å². The zero-order valence-corrected chi connectivity index (χ0v) is 10.2. The van der Waals surface area contributed by atoms with E-state index in [-0.39, 0.29) is 12.5 Å². The lowest BCUT2D eigenvalue weighted by Gasteiger charge is -2.10. The standard InChI is InChI=1S/C9H9BrIO/c1-6(5-12)8-4-7(10)2-3-9(8)11/h2-4,6,12H,1,5H2. The molecule has 0 saturated heterocycles. The summed E-state index contributed by atoms with van der Waals surface area (Å²) in [6.07, 6.45) is 0. The van der Waals surface area contributed by atoms with Gasteiger partial charge in [-0.25, -0.2) is 0 Å². The van der Waals surface area contributed by atoms with E-state index in [0.717, 1.165) is 13.6 Å². The number of benzene rings is 1. The summed E-state index contributed by atoms with van der Waals surface area (Å²) in [5.41, 5.74) is 1.09. The molecule has 1 N–H and O–H groups in total. The third kappa shape index (κ3) is 2.44. The van der Waals surface area contributed by atoms with E-state index in [0.29, 0.717) is 0 Å². The molecule has 12 heavy (non-hydrogen) atoms. The predicted molar refractivity (Wildman–Crippen MR) is 62.0 cm³/mol. The number of halogens is 2. The van der Waals surface area contributed by atoms with E-state index in [2.05, 4.69) is 45.4 Å². The third-order valence-corrected chi connectivity index (χ3v) is 3.09. The summed E-state index contributed by atoms with van der Waals surface area (Å²) in [4.78, 5) is 0. The maximum atomic E-state index is 8.92. The van der Waals surface area contributed by atoms with Crippen LogP contribution in [0.15, 0.2) is 22.7 Å². The Morgan fingerprint density at radius 3 is 2.83 bits per heavy atom. The summed E-state index contributed by atoms with van der Waals surface area (Å²) in [7, 11) is 0. The molecule has 0 bridgehead atoms. The minimum absolute atomic E-state index is 0.0330. The molecule has 1 aromatic carbocycles. The lowest BCUT2D eigenvalue weighted by Crippen LogP contribution is -2.01. The van der Waals surface area contributed by atoms with Gasteiger partial charge in [-0.15, -0.1) is 0 Å². The van der Waals surface area contributed by atoms with Crippen molar-refractivity contribution in [3.05, 3.63) is 38.7 Å². The van der Waals surface area contributed by atoms with Crippen molar-refractivity contribution in [3.63, 3.8) is 0 Å². The van der Waals surface area contributed by atoms with Crippen molar-refractivity contribution in [1.82, 2.24) is 0 Å². The van der Waals surface area contributed by atoms with Gasteiger partial charge < -0.3 is 5.11 Å². The predicted octanol–water partition coefficient (Wildman–Crippen LogP) is 2.96. The molecule has 0 spiro atoms. The van der Waals surface area contributed by atoms with Crippen molar-refractivity contribution >= 4 is 38.5 Å². The molecular weight excluding hydrogens is 331 g/mol. The maximum Gasteiger partial charge on any atom is 0.0500 e. The molecular formula is C9H9BrIO. The summed E-state index contributed by atoms with van der Waals surface area (Å²) in [5, 5.41) is 8.92. The molecule has 3 heteroatoms. The Bertz CT molecular complexity index is 275. The Kier molecular flexibility index (Phi) is 3.99. The van der Waals surface area contributed by atoms with Crippen molar-refractivity contribution < 1.29 is 5.11 Å². The van der Waals surface area contributed by atoms with Crippen LogP contribution in [0.5, 0.6) is 0 Å². The highest BCUT2D eigenvalue weighted by molar-refractivity contribution is 14.1. The van der Waals surface area contributed by atoms with Crippen LogP contribution < -0.4 is 0 Å². The minimum Gasteiger partial charge on any atom is -0.396 e. The number of aliphatic hydroxyl groups excluding tert-OH is 1. The van der Waals surface area contributed by atoms with Gasteiger partial charge in [0.15, 0.2) is 0 Å². The highest BCUT2D eigenvalue weighted by Crippen LogP contribution is 2.24. The van der Waals surface area contributed by atoms with Gasteiger partial charge in [0, 0.05) is 20.6 Å². The van der Waals surface area contributed by atoms with E-state index in [9.17, 15) is 0 Å². The van der Waals surface area contributed by atoms with E-state index >= 15 is 0 Å². The van der Waals surface area contributed by atoms with Gasteiger partial charge in [0.25, 0.3) is 0 Å². The summed E-state index contributed by atoms with van der Waals surface area (Å²) < 4.78 is 2.17. The van der Waals surface area contributed by atoms with Gasteiger partial charge in [-0.3, -0.25) is 0 Å². The Hall–Kier alpha value is 0.390. The van der Waals surface area contributed by atoms with Gasteiger partial charge in [-0.05, 0) is 53.3 Å². The Balaban J connectivity index is 3.04. The lowest BCUT2D eigenvalue weighted by molar-refractivity contribution is 0.282. The molecule has 1 rings (SSSR count). The first-order valence-electron chi connectivity index (χ1n) is 3.54. The van der Waals surface area contributed by atoms with Crippen LogP contribution in [0.2, 0.25) is 0 Å². The molecule has 0 heterocycles. The van der Waals surface area contributed by atoms with Gasteiger partial charge in [-0.2, -0.15) is 0 Å². The van der Waals surface area contributed by atoms with Crippen LogP contribution in [0.4, 0.5) is 0 Å². The van der Waals surface area contributed by atoms with Crippen LogP contribution in [-0.4, -0.2) is 11.7 Å². The first kappa shape index (κ1) is 10.5. The molecule has 1 nitrogen and oxygen atoms in total. The van der Waals surface area contributed by atoms with Crippen LogP contribution in [0.1, 0.15) is 11.5 Å². The van der Waals surface area contributed by atoms with Gasteiger partial charge in [-0.1, -0.05) is 15.9 Å². The van der Waals surface area contributed by atoms with Crippen LogP contribution in [0.3, 0.4) is 0 Å². The molecule has 1 radical (unpaired) electrons. The highest BCUT2D eigenvalue weighted by atomic mass is 127. The fourth-order valence-electron chi connectivity index (χ4n) is 0.926. The highest BCUT2D eigenvalue weighted by Gasteiger charge is 2.07. The number of aliphatic hydroxyl groups is 1. The SMILES string of the molecule is [CH2]C(CO)c1cc(Br)ccc1I. The normalized spacial score (nSPS) is 13.0. The Labute approximate surface area is 94.4 Å². The molecule has 1 unspecified atom stereocenters. The number of hydrogen-bond acceptors (Lipinski definition) is 1. The molecule has 0 amide bonds. The van der Waals surface area contributed by atoms with E-state index in [1.165, 1.54) is 0 Å². The second-order valence-electron chi connectivity index (χ2n) is 2.55. The van der Waals surface area contributed by atoms with Crippen molar-refractivity contribution in [2.45, 2.75) is 5.92 Å². The molecule has 0 aliphatic rings. The van der Waals surface area contributed by atoms with Crippen molar-refractivity contribution in [2.24, 2.45) is 0 Å². The average molecular weight is 340 g/mol. The fourth-order valence-corrected chi connectivity index (χ4v) is 2.08. The zero-order valence-electron chi connectivity index (χ0n) is 6.43. The topological polar surface area (TPSA) is 20.2 Å². The molecule has 0 saturated carbocycles. The molecule has 0 fully saturated rings. The number of rotatable bonds is 2. The van der Waals surface area contributed by atoms with E-state index in [4.69, 9.17) is 5.11 Å². The van der Waals surface area contributed by atoms with Gasteiger partial charge in [0.05, 0.1) is 0 Å². The summed E-state index contributed by atoms with van der Waals surface area (Å²) in [6.45, 7) is 3.94. The molecule has 65 valence electrons. The molecule has 0 aliphatic heterocycles. The van der Waals surface area contributed by atoms with Gasteiger partial charge in [0.1, 0.15) is 0 Å². The summed E-state index contributed by atoms with van der Waals surface area (Å²) in [6, 6.07) is 5.98. The summed E-state index contributed by atoms with van der Waals surface area (Å²) >= 11 is 5.62. The largest absolute Gasteiger partial charge is 0.396 e. The van der Waals surface area contributed by atoms with Crippen LogP contribution in [0, 0.1) is 10.5 Å². The molecule has 0 aromatic heterocycles. The number of hydrogen-bond donors (Lipinski definition) is 1. The third-order valence-electron chi connectivity index (χ3n) is 1.62. The van der Waals surface area contributed by atoms with Crippen LogP contribution >= 0.6 is 38.5 Å². The first-order chi connectivity index (χ1) is 5.65. The van der Waals surface area contributed by atoms with E-state index in [1.54, 1.807) is 0 Å². The van der Waals surface area contributed by atoms with Crippen LogP contribution in [-0.2, 0) is 0 Å². The van der Waals surface area contributed by atoms with Crippen molar-refractivity contribution in [2.75, 3.05) is 6.61 Å². The van der Waals surface area contributed by atoms with Gasteiger partial charge in [0.2, 0.25) is 0 Å². The Morgan fingerprint density at radius 1 is 1.58 bits per heavy atom. The van der Waals surface area contributed by atoms with Crippen LogP contribution in [0.25, 0.3) is 0 Å². The van der Waals surface area contributed by atoms with E-state index in [1.807, 2.05) is 18.2 Å². The monoisotopic (exact) mass is 339 g/mol. The molecule has 1 atom stereocenters. The lowest BCUT2D eigenvalue weighted by atomic mass is 10.0. The minimum atomic E-state index is -0.0330. The zero-order chi connectivity index (χ0) is 9.14. The van der Waals surface area contributed by atoms with E-state index < -0.39 is 0 Å². The smallest absolute Gasteiger partial charge is 0.0500 e. The van der Waals surface area contributed by atoms with Crippen molar-refractivity contribution in [3.8, 4) is 0 Å². The second kappa shape index (κ2) is 4.58. The second-order valence-corrected chi connectivity index (χ2v) is 4.62. The molecule has 1 aromatic rings. The average Bonchev–Trinajstić information content (AvgIpc) is 2.08. The Morgan fingerprint density at radius 2 is 2.25 bits per heavy atom. The quantitative estimate of drug-likeness (QED) is 0.821. The fraction of sp³-hybridized carbons (Fsp3) is 0.222. The molecule has 0 aliphatic carbocycles. The summed E-state index contributed by atoms with van der Waals surface area (Å²) in [5.74, 6) is -0.0330. The van der Waals surface area contributed by atoms with Crippen molar-refractivity contribution in [1.29, 1.82) is 0 Å². The maximum absolute atomic E-state index is 8.92. The first-order valence-corrected chi connectivity index (χ1v) is 5.41.